The van der Waals surface area contributed by atoms with Gasteiger partial charge < -0.3 is 10.0 Å². The molecule has 4 nitrogen and oxygen atoms in total. The lowest BCUT2D eigenvalue weighted by Gasteiger charge is -2.36. The van der Waals surface area contributed by atoms with Crippen molar-refractivity contribution in [3.05, 3.63) is 50.7 Å². The average Bonchev–Trinajstić information content (AvgIpc) is 3.12. The SMILES string of the molecule is Cc1ccc(C(=O)N(c2cc(C#CC(C)(C)C)sc2C(=O)O)C2CCC(C)CC2)c(C)c1. The number of carbonyl (C=O) groups excluding carboxylic acids is 1. The van der Waals surface area contributed by atoms with Gasteiger partial charge in [0.25, 0.3) is 5.91 Å². The topological polar surface area (TPSA) is 57.6 Å². The Balaban J connectivity index is 2.12. The van der Waals surface area contributed by atoms with E-state index in [-0.39, 0.29) is 22.2 Å². The summed E-state index contributed by atoms with van der Waals surface area (Å²) in [6, 6.07) is 7.58. The molecule has 0 saturated heterocycles. The van der Waals surface area contributed by atoms with Gasteiger partial charge in [0, 0.05) is 17.0 Å². The van der Waals surface area contributed by atoms with Crippen molar-refractivity contribution in [2.45, 2.75) is 73.3 Å². The molecular weight excluding hydrogens is 418 g/mol. The molecule has 1 aromatic carbocycles. The van der Waals surface area contributed by atoms with E-state index in [2.05, 4.69) is 18.8 Å². The van der Waals surface area contributed by atoms with Crippen LogP contribution < -0.4 is 4.90 Å². The first-order valence-corrected chi connectivity index (χ1v) is 12.1. The van der Waals surface area contributed by atoms with Gasteiger partial charge in [-0.15, -0.1) is 11.3 Å². The Morgan fingerprint density at radius 1 is 1.09 bits per heavy atom. The monoisotopic (exact) mass is 451 g/mol. The summed E-state index contributed by atoms with van der Waals surface area (Å²) in [5.41, 5.74) is 2.91. The molecule has 1 fully saturated rings. The van der Waals surface area contributed by atoms with Gasteiger partial charge in [0.1, 0.15) is 4.88 Å². The van der Waals surface area contributed by atoms with Crippen LogP contribution in [0.3, 0.4) is 0 Å². The summed E-state index contributed by atoms with van der Waals surface area (Å²) < 4.78 is 0. The highest BCUT2D eigenvalue weighted by molar-refractivity contribution is 7.15. The van der Waals surface area contributed by atoms with Crippen LogP contribution >= 0.6 is 11.3 Å². The van der Waals surface area contributed by atoms with E-state index in [0.29, 0.717) is 22.0 Å². The fourth-order valence-corrected chi connectivity index (χ4v) is 5.02. The summed E-state index contributed by atoms with van der Waals surface area (Å²) in [6.07, 6.45) is 3.81. The van der Waals surface area contributed by atoms with Crippen LogP contribution in [0.5, 0.6) is 0 Å². The van der Waals surface area contributed by atoms with Crippen molar-refractivity contribution in [3.63, 3.8) is 0 Å². The van der Waals surface area contributed by atoms with Gasteiger partial charge in [-0.25, -0.2) is 4.79 Å². The molecule has 1 saturated carbocycles. The van der Waals surface area contributed by atoms with Crippen LogP contribution in [0.2, 0.25) is 0 Å². The summed E-state index contributed by atoms with van der Waals surface area (Å²) in [5.74, 6) is 5.79. The maximum atomic E-state index is 13.9. The molecule has 1 heterocycles. The predicted molar refractivity (Wildman–Crippen MR) is 132 cm³/mol. The molecule has 5 heteroatoms. The third-order valence-corrected chi connectivity index (χ3v) is 6.94. The zero-order valence-corrected chi connectivity index (χ0v) is 20.7. The minimum absolute atomic E-state index is 0.0180. The average molecular weight is 452 g/mol. The van der Waals surface area contributed by atoms with E-state index in [0.717, 1.165) is 48.1 Å². The molecule has 32 heavy (non-hydrogen) atoms. The molecule has 0 unspecified atom stereocenters. The number of carboxylic acid groups (broad SMARTS) is 1. The van der Waals surface area contributed by atoms with Crippen LogP contribution in [0.4, 0.5) is 5.69 Å². The third-order valence-electron chi connectivity index (χ3n) is 5.91. The molecule has 0 bridgehead atoms. The smallest absolute Gasteiger partial charge is 0.348 e. The molecule has 0 aliphatic heterocycles. The van der Waals surface area contributed by atoms with Gasteiger partial charge in [-0.3, -0.25) is 4.79 Å². The first-order chi connectivity index (χ1) is 15.0. The number of hydrogen-bond donors (Lipinski definition) is 1. The fraction of sp³-hybridized carbons (Fsp3) is 0.481. The number of aromatic carboxylic acids is 1. The second-order valence-corrected chi connectivity index (χ2v) is 11.1. The minimum Gasteiger partial charge on any atom is -0.477 e. The zero-order chi connectivity index (χ0) is 23.6. The lowest BCUT2D eigenvalue weighted by molar-refractivity contribution is 0.0702. The Hall–Kier alpha value is -2.58. The Bertz CT molecular complexity index is 1070. The van der Waals surface area contributed by atoms with Crippen LogP contribution in [-0.2, 0) is 0 Å². The van der Waals surface area contributed by atoms with E-state index in [1.165, 1.54) is 0 Å². The molecule has 1 amide bonds. The molecule has 1 N–H and O–H groups in total. The first kappa shape index (κ1) is 24.1. The van der Waals surface area contributed by atoms with E-state index in [1.54, 1.807) is 11.0 Å². The van der Waals surface area contributed by atoms with Crippen molar-refractivity contribution in [1.29, 1.82) is 0 Å². The number of amides is 1. The molecule has 3 rings (SSSR count). The zero-order valence-electron chi connectivity index (χ0n) is 19.9. The second-order valence-electron chi connectivity index (χ2n) is 10.0. The predicted octanol–water partition coefficient (Wildman–Crippen LogP) is 6.69. The van der Waals surface area contributed by atoms with Gasteiger partial charge in [0.15, 0.2) is 0 Å². The Morgan fingerprint density at radius 3 is 2.31 bits per heavy atom. The summed E-state index contributed by atoms with van der Waals surface area (Å²) in [6.45, 7) is 12.2. The Morgan fingerprint density at radius 2 is 1.75 bits per heavy atom. The minimum atomic E-state index is -1.02. The highest BCUT2D eigenvalue weighted by Crippen LogP contribution is 2.37. The van der Waals surface area contributed by atoms with Gasteiger partial charge in [-0.05, 0) is 83.9 Å². The van der Waals surface area contributed by atoms with Crippen LogP contribution in [0.1, 0.15) is 89.4 Å². The number of carbonyl (C=O) groups is 2. The van der Waals surface area contributed by atoms with Gasteiger partial charge in [0.2, 0.25) is 0 Å². The first-order valence-electron chi connectivity index (χ1n) is 11.3. The van der Waals surface area contributed by atoms with Crippen LogP contribution in [-0.4, -0.2) is 23.0 Å². The lowest BCUT2D eigenvalue weighted by atomic mass is 9.86. The van der Waals surface area contributed by atoms with Crippen molar-refractivity contribution in [3.8, 4) is 11.8 Å². The van der Waals surface area contributed by atoms with E-state index in [1.807, 2.05) is 52.8 Å². The quantitative estimate of drug-likeness (QED) is 0.527. The van der Waals surface area contributed by atoms with E-state index < -0.39 is 5.97 Å². The number of thiophene rings is 1. The molecule has 0 atom stereocenters. The maximum Gasteiger partial charge on any atom is 0.348 e. The largest absolute Gasteiger partial charge is 0.477 e. The molecule has 1 aliphatic rings. The molecule has 1 aromatic heterocycles. The molecule has 2 aromatic rings. The highest BCUT2D eigenvalue weighted by Gasteiger charge is 2.33. The fourth-order valence-electron chi connectivity index (χ4n) is 4.18. The number of aryl methyl sites for hydroxylation is 2. The van der Waals surface area contributed by atoms with E-state index in [9.17, 15) is 14.7 Å². The summed E-state index contributed by atoms with van der Waals surface area (Å²) in [4.78, 5) is 28.6. The van der Waals surface area contributed by atoms with Gasteiger partial charge >= 0.3 is 5.97 Å². The summed E-state index contributed by atoms with van der Waals surface area (Å²) in [7, 11) is 0. The van der Waals surface area contributed by atoms with Gasteiger partial charge in [-0.1, -0.05) is 36.5 Å². The number of benzene rings is 1. The molecule has 1 aliphatic carbocycles. The van der Waals surface area contributed by atoms with Crippen LogP contribution in [0, 0.1) is 37.0 Å². The number of rotatable bonds is 4. The molecule has 0 spiro atoms. The molecular formula is C27H33NO3S. The van der Waals surface area contributed by atoms with Gasteiger partial charge in [0.05, 0.1) is 10.6 Å². The second kappa shape index (κ2) is 9.50. The van der Waals surface area contributed by atoms with Gasteiger partial charge in [-0.2, -0.15) is 0 Å². The van der Waals surface area contributed by atoms with E-state index in [4.69, 9.17) is 0 Å². The Labute approximate surface area is 195 Å². The summed E-state index contributed by atoms with van der Waals surface area (Å²) >= 11 is 1.15. The maximum absolute atomic E-state index is 13.9. The van der Waals surface area contributed by atoms with Crippen molar-refractivity contribution in [2.75, 3.05) is 4.90 Å². The number of nitrogens with zero attached hydrogens (tertiary/aromatic N) is 1. The normalized spacial score (nSPS) is 18.6. The van der Waals surface area contributed by atoms with Crippen molar-refractivity contribution < 1.29 is 14.7 Å². The standard InChI is InChI=1S/C27H33NO3S/c1-17-7-10-20(11-8-17)28(25(29)22-12-9-18(2)15-19(22)3)23-16-21(13-14-27(4,5)6)32-24(23)26(30)31/h9,12,15-17,20H,7-8,10-11H2,1-6H3,(H,30,31). The van der Waals surface area contributed by atoms with Crippen molar-refractivity contribution in [2.24, 2.45) is 11.3 Å². The number of hydrogen-bond acceptors (Lipinski definition) is 3. The summed E-state index contributed by atoms with van der Waals surface area (Å²) in [5, 5.41) is 9.96. The number of anilines is 1. The lowest BCUT2D eigenvalue weighted by Crippen LogP contribution is -2.43. The highest BCUT2D eigenvalue weighted by atomic mass is 32.1. The van der Waals surface area contributed by atoms with Crippen LogP contribution in [0.25, 0.3) is 0 Å². The molecule has 0 radical (unpaired) electrons. The third kappa shape index (κ3) is 5.61. The Kier molecular flexibility index (Phi) is 7.15. The van der Waals surface area contributed by atoms with Crippen molar-refractivity contribution >= 4 is 28.9 Å². The van der Waals surface area contributed by atoms with E-state index >= 15 is 0 Å². The molecule has 170 valence electrons. The van der Waals surface area contributed by atoms with Crippen molar-refractivity contribution in [1.82, 2.24) is 0 Å². The van der Waals surface area contributed by atoms with Crippen LogP contribution in [0.15, 0.2) is 24.3 Å². The number of carboxylic acids is 1.